The highest BCUT2D eigenvalue weighted by molar-refractivity contribution is 5.75. The first-order valence-electron chi connectivity index (χ1n) is 5.72. The van der Waals surface area contributed by atoms with Gasteiger partial charge in [-0.2, -0.15) is 0 Å². The third-order valence-corrected chi connectivity index (χ3v) is 4.21. The number of rotatable bonds is 1. The summed E-state index contributed by atoms with van der Waals surface area (Å²) in [6.07, 6.45) is 12.2. The number of carbonyl (C=O) groups is 1. The number of hydrogen-bond acceptors (Lipinski definition) is 2. The summed E-state index contributed by atoms with van der Waals surface area (Å²) in [5.74, 6) is 0.643. The molecule has 0 amide bonds. The Balaban J connectivity index is 2.06. The topological polar surface area (TPSA) is 20.3 Å². The number of allylic oxidation sites excluding steroid dienone is 6. The van der Waals surface area contributed by atoms with E-state index in [4.69, 9.17) is 0 Å². The molecule has 1 fully saturated rings. The molecule has 82 valence electrons. The molecular formula is C14H15NO. The van der Waals surface area contributed by atoms with Crippen molar-refractivity contribution in [2.24, 2.45) is 11.3 Å². The van der Waals surface area contributed by atoms with Crippen LogP contribution in [-0.2, 0) is 4.79 Å². The van der Waals surface area contributed by atoms with Gasteiger partial charge in [0.05, 0.1) is 5.70 Å². The van der Waals surface area contributed by atoms with Crippen molar-refractivity contribution < 1.29 is 4.79 Å². The van der Waals surface area contributed by atoms with Gasteiger partial charge in [-0.1, -0.05) is 26.0 Å². The van der Waals surface area contributed by atoms with Crippen LogP contribution in [0.25, 0.3) is 0 Å². The molecular weight excluding hydrogens is 198 g/mol. The summed E-state index contributed by atoms with van der Waals surface area (Å²) in [5, 5.41) is 0. The predicted octanol–water partition coefficient (Wildman–Crippen LogP) is 2.77. The molecule has 1 aliphatic carbocycles. The smallest absolute Gasteiger partial charge is 0.166 e. The Morgan fingerprint density at radius 1 is 1.56 bits per heavy atom. The highest BCUT2D eigenvalue weighted by Gasteiger charge is 2.53. The molecule has 2 atom stereocenters. The van der Waals surface area contributed by atoms with E-state index in [9.17, 15) is 4.79 Å². The molecule has 1 unspecified atom stereocenters. The SMILES string of the molecule is CC1C2=CN3C(C=O)=CC=CC3=CC[C@@]21C. The average Bonchev–Trinajstić information content (AvgIpc) is 2.86. The second-order valence-electron chi connectivity index (χ2n) is 5.00. The molecule has 0 aromatic carbocycles. The summed E-state index contributed by atoms with van der Waals surface area (Å²) in [5.41, 5.74) is 3.63. The third-order valence-electron chi connectivity index (χ3n) is 4.21. The molecule has 0 spiro atoms. The van der Waals surface area contributed by atoms with Gasteiger partial charge in [-0.05, 0) is 30.1 Å². The summed E-state index contributed by atoms with van der Waals surface area (Å²) >= 11 is 0. The van der Waals surface area contributed by atoms with Crippen LogP contribution >= 0.6 is 0 Å². The zero-order chi connectivity index (χ0) is 11.3. The third kappa shape index (κ3) is 1.10. The van der Waals surface area contributed by atoms with Crippen molar-refractivity contribution in [2.45, 2.75) is 20.3 Å². The predicted molar refractivity (Wildman–Crippen MR) is 63.2 cm³/mol. The van der Waals surface area contributed by atoms with E-state index < -0.39 is 0 Å². The lowest BCUT2D eigenvalue weighted by molar-refractivity contribution is -0.105. The van der Waals surface area contributed by atoms with E-state index in [0.717, 1.165) is 24.1 Å². The Labute approximate surface area is 95.6 Å². The molecule has 2 heteroatoms. The van der Waals surface area contributed by atoms with Gasteiger partial charge in [-0.3, -0.25) is 4.79 Å². The van der Waals surface area contributed by atoms with Gasteiger partial charge in [0.25, 0.3) is 0 Å². The van der Waals surface area contributed by atoms with Crippen molar-refractivity contribution in [1.82, 2.24) is 4.90 Å². The lowest BCUT2D eigenvalue weighted by Crippen LogP contribution is -2.17. The first kappa shape index (κ1) is 9.64. The molecule has 0 bridgehead atoms. The average molecular weight is 213 g/mol. The van der Waals surface area contributed by atoms with Crippen molar-refractivity contribution in [3.05, 3.63) is 47.5 Å². The van der Waals surface area contributed by atoms with Crippen LogP contribution in [0.15, 0.2) is 47.5 Å². The van der Waals surface area contributed by atoms with Crippen molar-refractivity contribution >= 4 is 6.29 Å². The molecule has 0 N–H and O–H groups in total. The van der Waals surface area contributed by atoms with Crippen LogP contribution in [0.4, 0.5) is 0 Å². The molecule has 2 aliphatic heterocycles. The molecule has 3 rings (SSSR count). The summed E-state index contributed by atoms with van der Waals surface area (Å²) in [4.78, 5) is 13.0. The van der Waals surface area contributed by atoms with E-state index in [1.165, 1.54) is 5.57 Å². The van der Waals surface area contributed by atoms with Crippen molar-refractivity contribution in [2.75, 3.05) is 0 Å². The van der Waals surface area contributed by atoms with Crippen LogP contribution in [0.1, 0.15) is 20.3 Å². The first-order valence-corrected chi connectivity index (χ1v) is 5.72. The normalized spacial score (nSPS) is 35.2. The monoisotopic (exact) mass is 213 g/mol. The maximum absolute atomic E-state index is 11.0. The molecule has 0 aromatic heterocycles. The minimum absolute atomic E-state index is 0.326. The Morgan fingerprint density at radius 2 is 2.38 bits per heavy atom. The lowest BCUT2D eigenvalue weighted by Gasteiger charge is -2.23. The second kappa shape index (κ2) is 2.97. The van der Waals surface area contributed by atoms with Gasteiger partial charge in [-0.25, -0.2) is 0 Å². The van der Waals surface area contributed by atoms with Crippen molar-refractivity contribution in [3.63, 3.8) is 0 Å². The molecule has 0 saturated heterocycles. The highest BCUT2D eigenvalue weighted by Crippen LogP contribution is 2.61. The Kier molecular flexibility index (Phi) is 1.79. The standard InChI is InChI=1S/C14H15NO/c1-10-13-8-15-11(6-7-14(10,13)2)4-3-5-12(15)9-16/h3-6,8-10H,7H2,1-2H3/t10?,14-/m1/s1. The molecule has 0 radical (unpaired) electrons. The summed E-state index contributed by atoms with van der Waals surface area (Å²) in [6, 6.07) is 0. The van der Waals surface area contributed by atoms with Crippen LogP contribution < -0.4 is 0 Å². The molecule has 16 heavy (non-hydrogen) atoms. The van der Waals surface area contributed by atoms with Crippen LogP contribution in [0, 0.1) is 11.3 Å². The van der Waals surface area contributed by atoms with E-state index in [1.807, 2.05) is 17.1 Å². The molecule has 0 aromatic rings. The first-order chi connectivity index (χ1) is 7.66. The number of hydrogen-bond donors (Lipinski definition) is 0. The fourth-order valence-electron chi connectivity index (χ4n) is 2.70. The van der Waals surface area contributed by atoms with E-state index in [0.29, 0.717) is 11.3 Å². The van der Waals surface area contributed by atoms with Gasteiger partial charge in [0.15, 0.2) is 6.29 Å². The van der Waals surface area contributed by atoms with E-state index >= 15 is 0 Å². The summed E-state index contributed by atoms with van der Waals surface area (Å²) in [6.45, 7) is 4.56. The van der Waals surface area contributed by atoms with Gasteiger partial charge in [0.2, 0.25) is 0 Å². The number of nitrogens with zero attached hydrogens (tertiary/aromatic N) is 1. The summed E-state index contributed by atoms with van der Waals surface area (Å²) < 4.78 is 0. The quantitative estimate of drug-likeness (QED) is 0.624. The van der Waals surface area contributed by atoms with Gasteiger partial charge in [-0.15, -0.1) is 0 Å². The zero-order valence-corrected chi connectivity index (χ0v) is 9.60. The van der Waals surface area contributed by atoms with Crippen molar-refractivity contribution in [1.29, 1.82) is 0 Å². The molecule has 2 heterocycles. The number of aldehydes is 1. The van der Waals surface area contributed by atoms with Crippen molar-refractivity contribution in [3.8, 4) is 0 Å². The van der Waals surface area contributed by atoms with Gasteiger partial charge < -0.3 is 4.90 Å². The van der Waals surface area contributed by atoms with E-state index in [-0.39, 0.29) is 0 Å². The Bertz CT molecular complexity index is 481. The largest absolute Gasteiger partial charge is 0.315 e. The maximum Gasteiger partial charge on any atom is 0.166 e. The Hall–Kier alpha value is -1.57. The lowest BCUT2D eigenvalue weighted by atomic mass is 10.0. The number of carbonyl (C=O) groups excluding carboxylic acids is 1. The molecule has 1 saturated carbocycles. The van der Waals surface area contributed by atoms with Crippen LogP contribution in [0.3, 0.4) is 0 Å². The van der Waals surface area contributed by atoms with Crippen LogP contribution in [0.5, 0.6) is 0 Å². The Morgan fingerprint density at radius 3 is 3.12 bits per heavy atom. The van der Waals surface area contributed by atoms with Crippen LogP contribution in [-0.4, -0.2) is 11.2 Å². The maximum atomic E-state index is 11.0. The van der Waals surface area contributed by atoms with Crippen LogP contribution in [0.2, 0.25) is 0 Å². The van der Waals surface area contributed by atoms with Gasteiger partial charge >= 0.3 is 0 Å². The minimum Gasteiger partial charge on any atom is -0.315 e. The van der Waals surface area contributed by atoms with Gasteiger partial charge in [0, 0.05) is 17.3 Å². The van der Waals surface area contributed by atoms with E-state index in [2.05, 4.69) is 32.2 Å². The van der Waals surface area contributed by atoms with Gasteiger partial charge in [0.1, 0.15) is 0 Å². The number of fused-ring (bicyclic) bond motifs is 2. The molecule has 2 nitrogen and oxygen atoms in total. The van der Waals surface area contributed by atoms with E-state index in [1.54, 1.807) is 0 Å². The minimum atomic E-state index is 0.326. The summed E-state index contributed by atoms with van der Waals surface area (Å²) in [7, 11) is 0. The fraction of sp³-hybridized carbons (Fsp3) is 0.357. The second-order valence-corrected chi connectivity index (χ2v) is 5.00. The zero-order valence-electron chi connectivity index (χ0n) is 9.60. The highest BCUT2D eigenvalue weighted by atomic mass is 16.1. The fourth-order valence-corrected chi connectivity index (χ4v) is 2.70. The molecule has 3 aliphatic rings.